The zero-order chi connectivity index (χ0) is 19.7. The Morgan fingerprint density at radius 1 is 1.25 bits per heavy atom. The quantitative estimate of drug-likeness (QED) is 0.674. The van der Waals surface area contributed by atoms with E-state index < -0.39 is 0 Å². The van der Waals surface area contributed by atoms with Crippen LogP contribution in [0.25, 0.3) is 0 Å². The molecule has 7 nitrogen and oxygen atoms in total. The summed E-state index contributed by atoms with van der Waals surface area (Å²) in [6.07, 6.45) is 1.62. The van der Waals surface area contributed by atoms with Gasteiger partial charge in [0.25, 0.3) is 0 Å². The summed E-state index contributed by atoms with van der Waals surface area (Å²) in [6, 6.07) is 10.5. The standard InChI is InChI=1S/C19H16Cl2N4O3/c1-27-16-4-2-3-12(15-8-17(26)24-19-22-10-23-25(15)19)18(16)28-9-11-5-6-13(20)14(21)7-11/h2-7,10,15H,8-9H2,1H3,(H,22,23,24,26)/t15-/m0/s1. The summed E-state index contributed by atoms with van der Waals surface area (Å²) in [5, 5.41) is 7.90. The first-order valence-electron chi connectivity index (χ1n) is 8.50. The molecule has 0 aliphatic carbocycles. The first kappa shape index (κ1) is 18.6. The Balaban J connectivity index is 1.69. The number of hydrogen-bond donors (Lipinski definition) is 1. The van der Waals surface area contributed by atoms with Crippen LogP contribution in [0.1, 0.15) is 23.6 Å². The monoisotopic (exact) mass is 418 g/mol. The number of amides is 1. The Hall–Kier alpha value is -2.77. The number of halogens is 2. The largest absolute Gasteiger partial charge is 0.493 e. The zero-order valence-corrected chi connectivity index (χ0v) is 16.4. The van der Waals surface area contributed by atoms with Gasteiger partial charge in [-0.25, -0.2) is 4.68 Å². The van der Waals surface area contributed by atoms with E-state index in [9.17, 15) is 4.79 Å². The minimum Gasteiger partial charge on any atom is -0.493 e. The second-order valence-electron chi connectivity index (χ2n) is 6.21. The Morgan fingerprint density at radius 2 is 2.11 bits per heavy atom. The van der Waals surface area contributed by atoms with Crippen molar-refractivity contribution in [1.29, 1.82) is 0 Å². The van der Waals surface area contributed by atoms with Crippen molar-refractivity contribution in [3.8, 4) is 11.5 Å². The van der Waals surface area contributed by atoms with Crippen molar-refractivity contribution >= 4 is 35.1 Å². The number of benzene rings is 2. The van der Waals surface area contributed by atoms with Crippen LogP contribution >= 0.6 is 23.2 Å². The van der Waals surface area contributed by atoms with E-state index in [1.54, 1.807) is 30.0 Å². The van der Waals surface area contributed by atoms with Gasteiger partial charge in [-0.15, -0.1) is 0 Å². The highest BCUT2D eigenvalue weighted by molar-refractivity contribution is 6.42. The number of para-hydroxylation sites is 1. The van der Waals surface area contributed by atoms with Crippen LogP contribution in [0.2, 0.25) is 10.0 Å². The van der Waals surface area contributed by atoms with Crippen molar-refractivity contribution in [3.05, 3.63) is 63.9 Å². The molecule has 9 heteroatoms. The van der Waals surface area contributed by atoms with Crippen molar-refractivity contribution in [2.75, 3.05) is 12.4 Å². The van der Waals surface area contributed by atoms with Crippen LogP contribution in [0, 0.1) is 0 Å². The van der Waals surface area contributed by atoms with Gasteiger partial charge < -0.3 is 9.47 Å². The predicted octanol–water partition coefficient (Wildman–Crippen LogP) is 4.10. The molecule has 0 unspecified atom stereocenters. The molecule has 0 bridgehead atoms. The molecule has 1 N–H and O–H groups in total. The first-order chi connectivity index (χ1) is 13.6. The molecular weight excluding hydrogens is 403 g/mol. The number of nitrogens with one attached hydrogen (secondary N) is 1. The summed E-state index contributed by atoms with van der Waals surface area (Å²) < 4.78 is 13.3. The molecule has 1 aromatic heterocycles. The molecule has 0 radical (unpaired) electrons. The summed E-state index contributed by atoms with van der Waals surface area (Å²) in [5.74, 6) is 1.37. The lowest BCUT2D eigenvalue weighted by atomic mass is 10.0. The SMILES string of the molecule is COc1cccc([C@@H]2CC(=O)Nc3ncnn32)c1OCc1ccc(Cl)c(Cl)c1. The predicted molar refractivity (Wildman–Crippen MR) is 105 cm³/mol. The van der Waals surface area contributed by atoms with Gasteiger partial charge in [0.1, 0.15) is 12.9 Å². The zero-order valence-electron chi connectivity index (χ0n) is 14.9. The van der Waals surface area contributed by atoms with Crippen molar-refractivity contribution in [2.45, 2.75) is 19.1 Å². The second-order valence-corrected chi connectivity index (χ2v) is 7.03. The first-order valence-corrected chi connectivity index (χ1v) is 9.25. The van der Waals surface area contributed by atoms with E-state index in [4.69, 9.17) is 32.7 Å². The fourth-order valence-electron chi connectivity index (χ4n) is 3.14. The number of methoxy groups -OCH3 is 1. The lowest BCUT2D eigenvalue weighted by molar-refractivity contribution is -0.117. The lowest BCUT2D eigenvalue weighted by Gasteiger charge is -2.26. The van der Waals surface area contributed by atoms with Crippen LogP contribution in [0.3, 0.4) is 0 Å². The third-order valence-electron chi connectivity index (χ3n) is 4.45. The molecule has 0 spiro atoms. The Bertz CT molecular complexity index is 1040. The van der Waals surface area contributed by atoms with Crippen molar-refractivity contribution in [3.63, 3.8) is 0 Å². The van der Waals surface area contributed by atoms with E-state index >= 15 is 0 Å². The van der Waals surface area contributed by atoms with Crippen LogP contribution in [-0.4, -0.2) is 27.8 Å². The van der Waals surface area contributed by atoms with Crippen LogP contribution in [0.4, 0.5) is 5.95 Å². The summed E-state index contributed by atoms with van der Waals surface area (Å²) in [6.45, 7) is 0.257. The van der Waals surface area contributed by atoms with E-state index in [-0.39, 0.29) is 25.0 Å². The topological polar surface area (TPSA) is 78.3 Å². The van der Waals surface area contributed by atoms with Gasteiger partial charge in [-0.05, 0) is 23.8 Å². The molecule has 28 heavy (non-hydrogen) atoms. The van der Waals surface area contributed by atoms with Gasteiger partial charge in [0.05, 0.1) is 29.6 Å². The number of rotatable bonds is 5. The van der Waals surface area contributed by atoms with E-state index in [1.165, 1.54) is 6.33 Å². The molecule has 1 amide bonds. The number of carbonyl (C=O) groups excluding carboxylic acids is 1. The van der Waals surface area contributed by atoms with Crippen molar-refractivity contribution < 1.29 is 14.3 Å². The minimum atomic E-state index is -0.356. The van der Waals surface area contributed by atoms with Gasteiger partial charge in [-0.2, -0.15) is 10.1 Å². The maximum absolute atomic E-state index is 12.1. The van der Waals surface area contributed by atoms with Crippen LogP contribution in [0.15, 0.2) is 42.7 Å². The minimum absolute atomic E-state index is 0.135. The highest BCUT2D eigenvalue weighted by Crippen LogP contribution is 2.40. The van der Waals surface area contributed by atoms with Gasteiger partial charge >= 0.3 is 0 Å². The average molecular weight is 419 g/mol. The molecule has 1 aliphatic rings. The Labute approximate surface area is 171 Å². The molecule has 3 aromatic rings. The number of aromatic nitrogens is 3. The van der Waals surface area contributed by atoms with Crippen molar-refractivity contribution in [2.24, 2.45) is 0 Å². The van der Waals surface area contributed by atoms with E-state index in [2.05, 4.69) is 15.4 Å². The summed E-state index contributed by atoms with van der Waals surface area (Å²) in [4.78, 5) is 16.2. The highest BCUT2D eigenvalue weighted by atomic mass is 35.5. The van der Waals surface area contributed by atoms with Gasteiger partial charge in [0, 0.05) is 5.56 Å². The number of carbonyl (C=O) groups is 1. The molecule has 4 rings (SSSR count). The van der Waals surface area contributed by atoms with Gasteiger partial charge in [0.2, 0.25) is 11.9 Å². The van der Waals surface area contributed by atoms with E-state index in [0.29, 0.717) is 27.5 Å². The van der Waals surface area contributed by atoms with Crippen LogP contribution in [-0.2, 0) is 11.4 Å². The fraction of sp³-hybridized carbons (Fsp3) is 0.211. The third-order valence-corrected chi connectivity index (χ3v) is 5.19. The van der Waals surface area contributed by atoms with Crippen molar-refractivity contribution in [1.82, 2.24) is 14.8 Å². The molecule has 2 aromatic carbocycles. The molecule has 144 valence electrons. The maximum Gasteiger partial charge on any atom is 0.229 e. The van der Waals surface area contributed by atoms with E-state index in [0.717, 1.165) is 11.1 Å². The molecular formula is C19H16Cl2N4O3. The fourth-order valence-corrected chi connectivity index (χ4v) is 3.46. The number of ether oxygens (including phenoxy) is 2. The highest BCUT2D eigenvalue weighted by Gasteiger charge is 2.31. The molecule has 0 fully saturated rings. The van der Waals surface area contributed by atoms with Crippen LogP contribution < -0.4 is 14.8 Å². The normalized spacial score (nSPS) is 15.7. The van der Waals surface area contributed by atoms with Crippen LogP contribution in [0.5, 0.6) is 11.5 Å². The summed E-state index contributed by atoms with van der Waals surface area (Å²) in [7, 11) is 1.57. The Kier molecular flexibility index (Phi) is 5.11. The summed E-state index contributed by atoms with van der Waals surface area (Å²) in [5.41, 5.74) is 1.63. The molecule has 0 saturated heterocycles. The Morgan fingerprint density at radius 3 is 2.89 bits per heavy atom. The van der Waals surface area contributed by atoms with E-state index in [1.807, 2.05) is 18.2 Å². The van der Waals surface area contributed by atoms with Gasteiger partial charge in [0.15, 0.2) is 11.5 Å². The molecule has 1 atom stereocenters. The summed E-state index contributed by atoms with van der Waals surface area (Å²) >= 11 is 12.1. The second kappa shape index (κ2) is 7.69. The molecule has 0 saturated carbocycles. The van der Waals surface area contributed by atoms with Gasteiger partial charge in [-0.1, -0.05) is 41.4 Å². The number of anilines is 1. The van der Waals surface area contributed by atoms with Gasteiger partial charge in [-0.3, -0.25) is 10.1 Å². The average Bonchev–Trinajstić information content (AvgIpc) is 3.16. The smallest absolute Gasteiger partial charge is 0.229 e. The third kappa shape index (κ3) is 3.50. The maximum atomic E-state index is 12.1. The molecule has 1 aliphatic heterocycles. The molecule has 2 heterocycles. The number of fused-ring (bicyclic) bond motifs is 1. The lowest BCUT2D eigenvalue weighted by Crippen LogP contribution is -2.29. The number of hydrogen-bond acceptors (Lipinski definition) is 5. The number of nitrogens with zero attached hydrogens (tertiary/aromatic N) is 3.